The average Bonchev–Trinajstić information content (AvgIpc) is 2.13. The third-order valence-corrected chi connectivity index (χ3v) is 3.70. The van der Waals surface area contributed by atoms with E-state index < -0.39 is 8.07 Å². The minimum Gasteiger partial charge on any atom is -0.488 e. The van der Waals surface area contributed by atoms with Gasteiger partial charge in [0, 0.05) is 0 Å². The normalized spacial score (nSPS) is 12.1. The van der Waals surface area contributed by atoms with Gasteiger partial charge in [0.15, 0.2) is 0 Å². The maximum absolute atomic E-state index is 12.8. The molecule has 0 aliphatic carbocycles. The number of hydrogen-bond donors (Lipinski definition) is 0. The molecule has 0 radical (unpaired) electrons. The van der Waals surface area contributed by atoms with E-state index in [2.05, 4.69) is 41.3 Å². The van der Waals surface area contributed by atoms with Gasteiger partial charge in [-0.2, -0.15) is 0 Å². The van der Waals surface area contributed by atoms with Crippen LogP contribution in [-0.4, -0.2) is 14.7 Å². The lowest BCUT2D eigenvalue weighted by molar-refractivity contribution is 0.360. The Hall–Kier alpha value is -0.613. The van der Waals surface area contributed by atoms with Crippen LogP contribution in [-0.2, 0) is 0 Å². The summed E-state index contributed by atoms with van der Waals surface area (Å²) in [6, 6.07) is 4.42. The van der Waals surface area contributed by atoms with Crippen molar-refractivity contribution in [1.82, 2.24) is 0 Å². The fourth-order valence-corrected chi connectivity index (χ4v) is 2.40. The van der Waals surface area contributed by atoms with Gasteiger partial charge in [-0.05, 0) is 34.1 Å². The third-order valence-electron chi connectivity index (χ3n) is 1.85. The van der Waals surface area contributed by atoms with Gasteiger partial charge in [-0.3, -0.25) is 0 Å². The van der Waals surface area contributed by atoms with Crippen LogP contribution in [0.2, 0.25) is 19.6 Å². The zero-order chi connectivity index (χ0) is 12.2. The Morgan fingerprint density at radius 1 is 1.38 bits per heavy atom. The van der Waals surface area contributed by atoms with E-state index >= 15 is 0 Å². The summed E-state index contributed by atoms with van der Waals surface area (Å²) in [6.07, 6.45) is 2.03. The van der Waals surface area contributed by atoms with Crippen molar-refractivity contribution in [2.75, 3.05) is 6.61 Å². The summed E-state index contributed by atoms with van der Waals surface area (Å²) in [5.41, 5.74) is 2.23. The number of benzene rings is 1. The largest absolute Gasteiger partial charge is 0.488 e. The highest BCUT2D eigenvalue weighted by Gasteiger charge is 2.06. The van der Waals surface area contributed by atoms with Crippen molar-refractivity contribution in [2.24, 2.45) is 0 Å². The van der Waals surface area contributed by atoms with Gasteiger partial charge in [-0.1, -0.05) is 31.4 Å². The Morgan fingerprint density at radius 2 is 2.06 bits per heavy atom. The molecule has 0 saturated carbocycles. The molecule has 4 heteroatoms. The van der Waals surface area contributed by atoms with Crippen LogP contribution in [0.1, 0.15) is 0 Å². The topological polar surface area (TPSA) is 9.23 Å². The molecule has 0 aliphatic rings. The fraction of sp³-hybridized carbons (Fsp3) is 0.333. The van der Waals surface area contributed by atoms with Crippen LogP contribution in [0.3, 0.4) is 0 Å². The Kier molecular flexibility index (Phi) is 4.74. The van der Waals surface area contributed by atoms with Crippen molar-refractivity contribution in [3.63, 3.8) is 0 Å². The molecular weight excluding hydrogens is 287 g/mol. The van der Waals surface area contributed by atoms with Gasteiger partial charge in [0.2, 0.25) is 0 Å². The van der Waals surface area contributed by atoms with Crippen LogP contribution < -0.4 is 4.74 Å². The number of hydrogen-bond acceptors (Lipinski definition) is 1. The van der Waals surface area contributed by atoms with Gasteiger partial charge < -0.3 is 4.74 Å². The summed E-state index contributed by atoms with van der Waals surface area (Å²) < 4.78 is 19.0. The van der Waals surface area contributed by atoms with Crippen LogP contribution in [0.25, 0.3) is 0 Å². The zero-order valence-electron chi connectivity index (χ0n) is 9.76. The molecule has 1 rings (SSSR count). The second kappa shape index (κ2) is 5.64. The van der Waals surface area contributed by atoms with Gasteiger partial charge in [0.25, 0.3) is 0 Å². The van der Waals surface area contributed by atoms with E-state index in [4.69, 9.17) is 4.74 Å². The van der Waals surface area contributed by atoms with E-state index in [0.717, 1.165) is 0 Å². The van der Waals surface area contributed by atoms with Crippen molar-refractivity contribution < 1.29 is 9.13 Å². The first-order chi connectivity index (χ1) is 7.38. The lowest BCUT2D eigenvalue weighted by Crippen LogP contribution is -2.15. The van der Waals surface area contributed by atoms with Crippen LogP contribution in [0.15, 0.2) is 34.4 Å². The summed E-state index contributed by atoms with van der Waals surface area (Å²) in [7, 11) is -1.15. The fourth-order valence-electron chi connectivity index (χ4n) is 1.13. The van der Waals surface area contributed by atoms with Gasteiger partial charge in [-0.15, -0.1) is 0 Å². The second-order valence-electron chi connectivity index (χ2n) is 4.65. The Morgan fingerprint density at radius 3 is 2.62 bits per heavy atom. The molecule has 1 aromatic rings. The minimum atomic E-state index is -1.15. The number of halogens is 2. The van der Waals surface area contributed by atoms with Crippen LogP contribution in [0.5, 0.6) is 5.75 Å². The summed E-state index contributed by atoms with van der Waals surface area (Å²) in [5, 5.41) is 0. The molecule has 0 aliphatic heterocycles. The first-order valence-corrected chi connectivity index (χ1v) is 9.51. The van der Waals surface area contributed by atoms with E-state index in [1.54, 1.807) is 6.07 Å². The van der Waals surface area contributed by atoms with Gasteiger partial charge in [0.05, 0.1) is 12.5 Å². The van der Waals surface area contributed by atoms with Crippen molar-refractivity contribution >= 4 is 24.0 Å². The monoisotopic (exact) mass is 302 g/mol. The highest BCUT2D eigenvalue weighted by Crippen LogP contribution is 2.25. The first kappa shape index (κ1) is 13.5. The van der Waals surface area contributed by atoms with Crippen LogP contribution >= 0.6 is 15.9 Å². The molecule has 1 aromatic carbocycles. The van der Waals surface area contributed by atoms with Crippen molar-refractivity contribution in [3.05, 3.63) is 40.3 Å². The molecule has 0 bridgehead atoms. The first-order valence-electron chi connectivity index (χ1n) is 5.14. The second-order valence-corrected chi connectivity index (χ2v) is 10.6. The highest BCUT2D eigenvalue weighted by atomic mass is 79.9. The van der Waals surface area contributed by atoms with Crippen molar-refractivity contribution in [1.29, 1.82) is 0 Å². The molecule has 16 heavy (non-hydrogen) atoms. The quantitative estimate of drug-likeness (QED) is 0.749. The van der Waals surface area contributed by atoms with E-state index in [-0.39, 0.29) is 5.82 Å². The molecule has 0 heterocycles. The Bertz CT molecular complexity index is 385. The molecule has 0 unspecified atom stereocenters. The molecule has 0 atom stereocenters. The van der Waals surface area contributed by atoms with Crippen molar-refractivity contribution in [3.8, 4) is 5.75 Å². The molecule has 0 spiro atoms. The lowest BCUT2D eigenvalue weighted by atomic mass is 10.3. The maximum atomic E-state index is 12.8. The van der Waals surface area contributed by atoms with Gasteiger partial charge in [-0.25, -0.2) is 4.39 Å². The SMILES string of the molecule is C[Si](C)(C)/C=C/COc1ccc(F)cc1Br. The molecule has 0 N–H and O–H groups in total. The summed E-state index contributed by atoms with van der Waals surface area (Å²) in [4.78, 5) is 0. The average molecular weight is 303 g/mol. The van der Waals surface area contributed by atoms with E-state index in [1.807, 2.05) is 6.08 Å². The Labute approximate surface area is 105 Å². The summed E-state index contributed by atoms with van der Waals surface area (Å²) in [6.45, 7) is 7.31. The number of ether oxygens (including phenoxy) is 1. The molecule has 88 valence electrons. The van der Waals surface area contributed by atoms with E-state index in [9.17, 15) is 4.39 Å². The standard InChI is InChI=1S/C12H16BrFOSi/c1-16(2,3)8-4-7-15-12-6-5-10(14)9-11(12)13/h4-6,8-9H,7H2,1-3H3/b8-4+. The molecule has 0 saturated heterocycles. The van der Waals surface area contributed by atoms with Crippen LogP contribution in [0, 0.1) is 5.82 Å². The minimum absolute atomic E-state index is 0.267. The van der Waals surface area contributed by atoms with Crippen molar-refractivity contribution in [2.45, 2.75) is 19.6 Å². The molecule has 0 fully saturated rings. The third kappa shape index (κ3) is 4.94. The van der Waals surface area contributed by atoms with Crippen LogP contribution in [0.4, 0.5) is 4.39 Å². The summed E-state index contributed by atoms with van der Waals surface area (Å²) >= 11 is 3.26. The summed E-state index contributed by atoms with van der Waals surface area (Å²) in [5.74, 6) is 0.401. The molecule has 0 aromatic heterocycles. The predicted molar refractivity (Wildman–Crippen MR) is 72.1 cm³/mol. The van der Waals surface area contributed by atoms with Gasteiger partial charge in [0.1, 0.15) is 18.2 Å². The molecule has 1 nitrogen and oxygen atoms in total. The number of rotatable bonds is 4. The van der Waals surface area contributed by atoms with E-state index in [0.29, 0.717) is 16.8 Å². The molecular formula is C12H16BrFOSi. The zero-order valence-corrected chi connectivity index (χ0v) is 12.3. The molecule has 0 amide bonds. The maximum Gasteiger partial charge on any atom is 0.134 e. The smallest absolute Gasteiger partial charge is 0.134 e. The highest BCUT2D eigenvalue weighted by molar-refractivity contribution is 9.10. The van der Waals surface area contributed by atoms with Gasteiger partial charge >= 0.3 is 0 Å². The Balaban J connectivity index is 2.53. The van der Waals surface area contributed by atoms with E-state index in [1.165, 1.54) is 12.1 Å². The predicted octanol–water partition coefficient (Wildman–Crippen LogP) is 4.40. The lowest BCUT2D eigenvalue weighted by Gasteiger charge is -2.09.